The topological polar surface area (TPSA) is 69.6 Å². The Morgan fingerprint density at radius 3 is 2.74 bits per heavy atom. The lowest BCUT2D eigenvalue weighted by Gasteiger charge is -2.17. The number of para-hydroxylation sites is 1. The lowest BCUT2D eigenvalue weighted by Crippen LogP contribution is -2.38. The maximum atomic E-state index is 12.2. The standard InChI is InChI=1S/C14H16N2O3/c17-13(7-15-9-5-6-9)16-8-11(14(18)19)10-3-1-2-4-12(10)16/h1-4,9,11,15H,5-8H2,(H,18,19). The molecule has 1 aliphatic carbocycles. The number of amides is 1. The Hall–Kier alpha value is -1.88. The first-order valence-electron chi connectivity index (χ1n) is 6.52. The van der Waals surface area contributed by atoms with Crippen LogP contribution in [0, 0.1) is 0 Å². The lowest BCUT2D eigenvalue weighted by atomic mass is 10.0. The molecule has 0 radical (unpaired) electrons. The molecule has 1 amide bonds. The summed E-state index contributed by atoms with van der Waals surface area (Å²) in [7, 11) is 0. The van der Waals surface area contributed by atoms with Gasteiger partial charge in [0.05, 0.1) is 6.54 Å². The van der Waals surface area contributed by atoms with Crippen molar-refractivity contribution in [1.29, 1.82) is 0 Å². The predicted molar refractivity (Wildman–Crippen MR) is 70.2 cm³/mol. The number of benzene rings is 1. The number of anilines is 1. The molecule has 1 atom stereocenters. The van der Waals surface area contributed by atoms with Crippen molar-refractivity contribution in [3.8, 4) is 0 Å². The van der Waals surface area contributed by atoms with Gasteiger partial charge < -0.3 is 15.3 Å². The van der Waals surface area contributed by atoms with E-state index in [0.717, 1.165) is 24.1 Å². The van der Waals surface area contributed by atoms with Crippen LogP contribution in [0.25, 0.3) is 0 Å². The summed E-state index contributed by atoms with van der Waals surface area (Å²) in [6.07, 6.45) is 2.25. The van der Waals surface area contributed by atoms with Gasteiger partial charge in [-0.15, -0.1) is 0 Å². The van der Waals surface area contributed by atoms with Crippen molar-refractivity contribution in [3.63, 3.8) is 0 Å². The van der Waals surface area contributed by atoms with Gasteiger partial charge in [-0.1, -0.05) is 18.2 Å². The zero-order valence-corrected chi connectivity index (χ0v) is 10.5. The zero-order valence-electron chi connectivity index (χ0n) is 10.5. The Balaban J connectivity index is 1.79. The van der Waals surface area contributed by atoms with E-state index >= 15 is 0 Å². The normalized spacial score (nSPS) is 21.3. The highest BCUT2D eigenvalue weighted by atomic mass is 16.4. The van der Waals surface area contributed by atoms with Crippen molar-refractivity contribution >= 4 is 17.6 Å². The van der Waals surface area contributed by atoms with E-state index in [4.69, 9.17) is 0 Å². The SMILES string of the molecule is O=C(O)C1CN(C(=O)CNC2CC2)c2ccccc21. The van der Waals surface area contributed by atoms with Crippen molar-refractivity contribution in [2.45, 2.75) is 24.8 Å². The first-order valence-corrected chi connectivity index (χ1v) is 6.52. The number of carbonyl (C=O) groups excluding carboxylic acids is 1. The second-order valence-electron chi connectivity index (χ2n) is 5.11. The van der Waals surface area contributed by atoms with Gasteiger partial charge in [-0.2, -0.15) is 0 Å². The third-order valence-electron chi connectivity index (χ3n) is 3.69. The second-order valence-corrected chi connectivity index (χ2v) is 5.11. The van der Waals surface area contributed by atoms with Crippen LogP contribution in [0.4, 0.5) is 5.69 Å². The largest absolute Gasteiger partial charge is 0.481 e. The maximum Gasteiger partial charge on any atom is 0.312 e. The van der Waals surface area contributed by atoms with Crippen LogP contribution in [0.5, 0.6) is 0 Å². The van der Waals surface area contributed by atoms with Crippen LogP contribution in [0.3, 0.4) is 0 Å². The molecule has 3 rings (SSSR count). The Labute approximate surface area is 111 Å². The number of hydrogen-bond acceptors (Lipinski definition) is 3. The van der Waals surface area contributed by atoms with Gasteiger partial charge in [0.25, 0.3) is 0 Å². The van der Waals surface area contributed by atoms with Crippen LogP contribution >= 0.6 is 0 Å². The molecule has 0 aromatic heterocycles. The number of carboxylic acids is 1. The van der Waals surface area contributed by atoms with Crippen LogP contribution in [0.15, 0.2) is 24.3 Å². The minimum Gasteiger partial charge on any atom is -0.481 e. The van der Waals surface area contributed by atoms with Crippen LogP contribution in [-0.2, 0) is 9.59 Å². The van der Waals surface area contributed by atoms with Gasteiger partial charge in [-0.05, 0) is 24.5 Å². The molecule has 1 aromatic carbocycles. The van der Waals surface area contributed by atoms with Crippen LogP contribution in [0.1, 0.15) is 24.3 Å². The zero-order chi connectivity index (χ0) is 13.4. The number of nitrogens with zero attached hydrogens (tertiary/aromatic N) is 1. The number of fused-ring (bicyclic) bond motifs is 1. The molecule has 5 nitrogen and oxygen atoms in total. The summed E-state index contributed by atoms with van der Waals surface area (Å²) >= 11 is 0. The summed E-state index contributed by atoms with van der Waals surface area (Å²) in [4.78, 5) is 25.0. The molecular weight excluding hydrogens is 244 g/mol. The Bertz CT molecular complexity index is 525. The Morgan fingerprint density at radius 2 is 2.05 bits per heavy atom. The summed E-state index contributed by atoms with van der Waals surface area (Å²) in [6.45, 7) is 0.519. The van der Waals surface area contributed by atoms with Crippen LogP contribution < -0.4 is 10.2 Å². The molecule has 0 saturated heterocycles. The minimum atomic E-state index is -0.877. The van der Waals surface area contributed by atoms with E-state index < -0.39 is 11.9 Å². The first kappa shape index (κ1) is 12.2. The maximum absolute atomic E-state index is 12.2. The fourth-order valence-electron chi connectivity index (χ4n) is 2.47. The van der Waals surface area contributed by atoms with Gasteiger partial charge in [0, 0.05) is 18.3 Å². The number of aliphatic carboxylic acids is 1. The molecule has 1 saturated carbocycles. The van der Waals surface area contributed by atoms with E-state index in [1.54, 1.807) is 11.0 Å². The van der Waals surface area contributed by atoms with Crippen molar-refractivity contribution in [2.75, 3.05) is 18.0 Å². The van der Waals surface area contributed by atoms with Crippen LogP contribution in [0.2, 0.25) is 0 Å². The van der Waals surface area contributed by atoms with E-state index in [2.05, 4.69) is 5.32 Å². The third kappa shape index (κ3) is 2.33. The highest BCUT2D eigenvalue weighted by molar-refractivity contribution is 5.99. The highest BCUT2D eigenvalue weighted by Gasteiger charge is 2.36. The van der Waals surface area contributed by atoms with E-state index in [9.17, 15) is 14.7 Å². The monoisotopic (exact) mass is 260 g/mol. The molecule has 19 heavy (non-hydrogen) atoms. The summed E-state index contributed by atoms with van der Waals surface area (Å²) < 4.78 is 0. The van der Waals surface area contributed by atoms with Crippen molar-refractivity contribution in [1.82, 2.24) is 5.32 Å². The van der Waals surface area contributed by atoms with Gasteiger partial charge in [0.2, 0.25) is 5.91 Å². The molecule has 5 heteroatoms. The fourth-order valence-corrected chi connectivity index (χ4v) is 2.47. The highest BCUT2D eigenvalue weighted by Crippen LogP contribution is 2.36. The molecule has 1 fully saturated rings. The third-order valence-corrected chi connectivity index (χ3v) is 3.69. The molecule has 2 aliphatic rings. The summed E-state index contributed by atoms with van der Waals surface area (Å²) in [5.41, 5.74) is 1.47. The summed E-state index contributed by atoms with van der Waals surface area (Å²) in [5.74, 6) is -1.54. The smallest absolute Gasteiger partial charge is 0.312 e. The number of rotatable bonds is 4. The summed E-state index contributed by atoms with van der Waals surface area (Å²) in [6, 6.07) is 7.71. The van der Waals surface area contributed by atoms with E-state index in [1.165, 1.54) is 0 Å². The molecule has 1 heterocycles. The average Bonchev–Trinajstić information content (AvgIpc) is 3.14. The quantitative estimate of drug-likeness (QED) is 0.845. The molecular formula is C14H16N2O3. The molecule has 2 N–H and O–H groups in total. The Kier molecular flexibility index (Phi) is 2.98. The van der Waals surface area contributed by atoms with Gasteiger partial charge in [-0.25, -0.2) is 0 Å². The van der Waals surface area contributed by atoms with Gasteiger partial charge in [0.15, 0.2) is 0 Å². The number of hydrogen-bond donors (Lipinski definition) is 2. The minimum absolute atomic E-state index is 0.0527. The van der Waals surface area contributed by atoms with Gasteiger partial charge in [-0.3, -0.25) is 9.59 Å². The molecule has 1 aliphatic heterocycles. The number of nitrogens with one attached hydrogen (secondary N) is 1. The fraction of sp³-hybridized carbons (Fsp3) is 0.429. The second kappa shape index (κ2) is 4.66. The molecule has 1 unspecified atom stereocenters. The first-order chi connectivity index (χ1) is 9.16. The lowest BCUT2D eigenvalue weighted by molar-refractivity contribution is -0.138. The van der Waals surface area contributed by atoms with Gasteiger partial charge >= 0.3 is 5.97 Å². The Morgan fingerprint density at radius 1 is 1.32 bits per heavy atom. The number of carboxylic acid groups (broad SMARTS) is 1. The molecule has 100 valence electrons. The average molecular weight is 260 g/mol. The van der Waals surface area contributed by atoms with E-state index in [1.807, 2.05) is 18.2 Å². The van der Waals surface area contributed by atoms with Crippen LogP contribution in [-0.4, -0.2) is 36.1 Å². The van der Waals surface area contributed by atoms with Gasteiger partial charge in [0.1, 0.15) is 5.92 Å². The molecule has 1 aromatic rings. The summed E-state index contributed by atoms with van der Waals surface area (Å²) in [5, 5.41) is 12.4. The van der Waals surface area contributed by atoms with Crippen molar-refractivity contribution < 1.29 is 14.7 Å². The van der Waals surface area contributed by atoms with Crippen molar-refractivity contribution in [3.05, 3.63) is 29.8 Å². The molecule has 0 bridgehead atoms. The van der Waals surface area contributed by atoms with Crippen molar-refractivity contribution in [2.24, 2.45) is 0 Å². The predicted octanol–water partition coefficient (Wildman–Crippen LogP) is 0.953. The number of carbonyl (C=O) groups is 2. The molecule has 0 spiro atoms. The van der Waals surface area contributed by atoms with E-state index in [0.29, 0.717) is 6.04 Å². The van der Waals surface area contributed by atoms with E-state index in [-0.39, 0.29) is 19.0 Å².